The van der Waals surface area contributed by atoms with E-state index < -0.39 is 0 Å². The van der Waals surface area contributed by atoms with Crippen molar-refractivity contribution in [1.29, 1.82) is 0 Å². The maximum absolute atomic E-state index is 10.1. The Morgan fingerprint density at radius 3 is 0.674 bits per heavy atom. The van der Waals surface area contributed by atoms with E-state index >= 15 is 0 Å². The molecule has 0 heterocycles. The van der Waals surface area contributed by atoms with Crippen molar-refractivity contribution in [3.63, 3.8) is 0 Å². The maximum Gasteiger partial charge on any atom is 0.116 e. The number of rotatable bonds is 4. The fourth-order valence-corrected chi connectivity index (χ4v) is 6.47. The van der Waals surface area contributed by atoms with Gasteiger partial charge in [-0.3, -0.25) is 0 Å². The van der Waals surface area contributed by atoms with Crippen LogP contribution in [-0.2, 0) is 0 Å². The number of phenols is 4. The number of fused-ring (bicyclic) bond motifs is 4. The first kappa shape index (κ1) is 27.3. The van der Waals surface area contributed by atoms with Crippen molar-refractivity contribution in [3.05, 3.63) is 168 Å². The van der Waals surface area contributed by atoms with Gasteiger partial charge in [-0.05, 0) is 149 Å². The molecule has 8 aromatic rings. The second-order valence-corrected chi connectivity index (χ2v) is 11.7. The third kappa shape index (κ3) is 4.92. The fraction of sp³-hybridized carbons (Fsp3) is 0. The van der Waals surface area contributed by atoms with Crippen molar-refractivity contribution >= 4 is 54.2 Å². The smallest absolute Gasteiger partial charge is 0.116 e. The standard InChI is InChI=1S/C42H28O4/c43-37-13-9-25-17-33(5-1-29(25)21-37)41(34-6-2-30-22-38(44)14-10-26(30)18-34)42(35-7-3-31-23-39(45)15-11-27(31)19-35)36-8-4-32-24-40(46)16-12-28(32)20-36/h1-24,43-46H. The summed E-state index contributed by atoms with van der Waals surface area (Å²) in [6, 6.07) is 46.7. The Hall–Kier alpha value is -6.26. The zero-order valence-electron chi connectivity index (χ0n) is 24.6. The van der Waals surface area contributed by atoms with Crippen molar-refractivity contribution in [2.45, 2.75) is 0 Å². The van der Waals surface area contributed by atoms with Gasteiger partial charge in [0.25, 0.3) is 0 Å². The molecule has 0 saturated carbocycles. The molecular weight excluding hydrogens is 568 g/mol. The number of hydrogen-bond donors (Lipinski definition) is 4. The van der Waals surface area contributed by atoms with Crippen LogP contribution in [0.5, 0.6) is 23.0 Å². The van der Waals surface area contributed by atoms with Gasteiger partial charge in [0.15, 0.2) is 0 Å². The van der Waals surface area contributed by atoms with Gasteiger partial charge in [0, 0.05) is 0 Å². The highest BCUT2D eigenvalue weighted by Gasteiger charge is 2.19. The van der Waals surface area contributed by atoms with Crippen LogP contribution in [0, 0.1) is 0 Å². The lowest BCUT2D eigenvalue weighted by Crippen LogP contribution is -1.98. The van der Waals surface area contributed by atoms with Gasteiger partial charge in [0.1, 0.15) is 23.0 Å². The Labute approximate surface area is 265 Å². The summed E-state index contributed by atoms with van der Waals surface area (Å²) in [4.78, 5) is 0. The van der Waals surface area contributed by atoms with E-state index in [1.807, 2.05) is 48.5 Å². The Morgan fingerprint density at radius 2 is 0.435 bits per heavy atom. The van der Waals surface area contributed by atoms with Crippen LogP contribution in [-0.4, -0.2) is 20.4 Å². The van der Waals surface area contributed by atoms with E-state index in [-0.39, 0.29) is 23.0 Å². The van der Waals surface area contributed by atoms with Crippen molar-refractivity contribution in [3.8, 4) is 23.0 Å². The average Bonchev–Trinajstić information content (AvgIpc) is 3.06. The normalized spacial score (nSPS) is 11.4. The van der Waals surface area contributed by atoms with Crippen LogP contribution in [0.4, 0.5) is 0 Å². The highest BCUT2D eigenvalue weighted by molar-refractivity contribution is 6.09. The molecule has 0 aliphatic carbocycles. The van der Waals surface area contributed by atoms with Crippen LogP contribution in [0.1, 0.15) is 22.3 Å². The lowest BCUT2D eigenvalue weighted by Gasteiger charge is -2.20. The van der Waals surface area contributed by atoms with E-state index in [1.165, 1.54) is 0 Å². The first-order valence-corrected chi connectivity index (χ1v) is 15.0. The molecule has 8 rings (SSSR count). The molecule has 0 atom stereocenters. The molecule has 0 spiro atoms. The minimum Gasteiger partial charge on any atom is -0.508 e. The van der Waals surface area contributed by atoms with E-state index in [2.05, 4.69) is 48.5 Å². The van der Waals surface area contributed by atoms with Gasteiger partial charge in [-0.25, -0.2) is 0 Å². The topological polar surface area (TPSA) is 80.9 Å². The Balaban J connectivity index is 1.49. The fourth-order valence-electron chi connectivity index (χ4n) is 6.47. The summed E-state index contributed by atoms with van der Waals surface area (Å²) in [6.07, 6.45) is 0. The predicted octanol–water partition coefficient (Wildman–Crippen LogP) is 10.1. The molecule has 4 heteroatoms. The van der Waals surface area contributed by atoms with Gasteiger partial charge >= 0.3 is 0 Å². The van der Waals surface area contributed by atoms with Crippen LogP contribution >= 0.6 is 0 Å². The summed E-state index contributed by atoms with van der Waals surface area (Å²) < 4.78 is 0. The molecule has 0 saturated heterocycles. The molecule has 0 aliphatic heterocycles. The Bertz CT molecular complexity index is 2170. The van der Waals surface area contributed by atoms with E-state index in [0.717, 1.165) is 76.5 Å². The first-order chi connectivity index (χ1) is 22.4. The minimum absolute atomic E-state index is 0.221. The van der Waals surface area contributed by atoms with E-state index in [0.29, 0.717) is 0 Å². The van der Waals surface area contributed by atoms with E-state index in [9.17, 15) is 20.4 Å². The van der Waals surface area contributed by atoms with Gasteiger partial charge in [0.2, 0.25) is 0 Å². The summed E-state index contributed by atoms with van der Waals surface area (Å²) in [6.45, 7) is 0. The monoisotopic (exact) mass is 596 g/mol. The van der Waals surface area contributed by atoms with Gasteiger partial charge < -0.3 is 20.4 Å². The molecule has 4 nitrogen and oxygen atoms in total. The van der Waals surface area contributed by atoms with Gasteiger partial charge in [-0.15, -0.1) is 0 Å². The molecule has 220 valence electrons. The SMILES string of the molecule is Oc1ccc2cc(C(=C(c3ccc4cc(O)ccc4c3)c3ccc4cc(O)ccc4c3)c3ccc4cc(O)ccc4c3)ccc2c1. The molecule has 4 N–H and O–H groups in total. The zero-order valence-corrected chi connectivity index (χ0v) is 24.6. The van der Waals surface area contributed by atoms with Crippen LogP contribution in [0.3, 0.4) is 0 Å². The highest BCUT2D eigenvalue weighted by atomic mass is 16.3. The molecule has 0 amide bonds. The number of phenolic OH excluding ortho intramolecular Hbond substituents is 4. The molecule has 0 aliphatic rings. The second kappa shape index (κ2) is 10.7. The molecule has 0 unspecified atom stereocenters. The van der Waals surface area contributed by atoms with E-state index in [4.69, 9.17) is 0 Å². The van der Waals surface area contributed by atoms with Gasteiger partial charge in [-0.2, -0.15) is 0 Å². The lowest BCUT2D eigenvalue weighted by atomic mass is 9.83. The predicted molar refractivity (Wildman–Crippen MR) is 187 cm³/mol. The quantitative estimate of drug-likeness (QED) is 0.152. The Morgan fingerprint density at radius 1 is 0.239 bits per heavy atom. The summed E-state index contributed by atoms with van der Waals surface area (Å²) in [5.41, 5.74) is 6.04. The molecule has 0 fully saturated rings. The number of aromatic hydroxyl groups is 4. The third-order valence-corrected chi connectivity index (χ3v) is 8.70. The molecule has 0 radical (unpaired) electrons. The second-order valence-electron chi connectivity index (χ2n) is 11.7. The number of benzene rings is 8. The molecule has 0 bridgehead atoms. The van der Waals surface area contributed by atoms with Crippen molar-refractivity contribution in [2.75, 3.05) is 0 Å². The molecular formula is C42H28O4. The highest BCUT2D eigenvalue weighted by Crippen LogP contribution is 2.41. The van der Waals surface area contributed by atoms with Gasteiger partial charge in [-0.1, -0.05) is 72.8 Å². The lowest BCUT2D eigenvalue weighted by molar-refractivity contribution is 0.475. The zero-order chi connectivity index (χ0) is 31.4. The summed E-state index contributed by atoms with van der Waals surface area (Å²) in [5.74, 6) is 0.885. The van der Waals surface area contributed by atoms with Crippen molar-refractivity contribution in [2.24, 2.45) is 0 Å². The maximum atomic E-state index is 10.1. The van der Waals surface area contributed by atoms with Gasteiger partial charge in [0.05, 0.1) is 0 Å². The minimum atomic E-state index is 0.221. The first-order valence-electron chi connectivity index (χ1n) is 15.0. The summed E-state index contributed by atoms with van der Waals surface area (Å²) in [7, 11) is 0. The van der Waals surface area contributed by atoms with Crippen molar-refractivity contribution in [1.82, 2.24) is 0 Å². The molecule has 0 aromatic heterocycles. The molecule has 46 heavy (non-hydrogen) atoms. The van der Waals surface area contributed by atoms with E-state index in [1.54, 1.807) is 48.5 Å². The average molecular weight is 597 g/mol. The molecule has 8 aromatic carbocycles. The van der Waals surface area contributed by atoms with Crippen molar-refractivity contribution < 1.29 is 20.4 Å². The van der Waals surface area contributed by atoms with Crippen LogP contribution < -0.4 is 0 Å². The number of hydrogen-bond acceptors (Lipinski definition) is 4. The van der Waals surface area contributed by atoms with Crippen LogP contribution in [0.25, 0.3) is 54.2 Å². The largest absolute Gasteiger partial charge is 0.508 e. The summed E-state index contributed by atoms with van der Waals surface area (Å²) >= 11 is 0. The third-order valence-electron chi connectivity index (χ3n) is 8.70. The Kier molecular flexibility index (Phi) is 6.36. The van der Waals surface area contributed by atoms with Crippen LogP contribution in [0.2, 0.25) is 0 Å². The van der Waals surface area contributed by atoms with Crippen LogP contribution in [0.15, 0.2) is 146 Å². The summed E-state index contributed by atoms with van der Waals surface area (Å²) in [5, 5.41) is 48.3.